The summed E-state index contributed by atoms with van der Waals surface area (Å²) in [5.41, 5.74) is 13.5. The van der Waals surface area contributed by atoms with Crippen molar-refractivity contribution in [2.45, 2.75) is 82.7 Å². The summed E-state index contributed by atoms with van der Waals surface area (Å²) in [5, 5.41) is 0. The summed E-state index contributed by atoms with van der Waals surface area (Å²) in [5.74, 6) is 2.81. The van der Waals surface area contributed by atoms with Crippen molar-refractivity contribution in [2.75, 3.05) is 4.90 Å². The first-order chi connectivity index (χ1) is 31.3. The average molecular weight is 823 g/mol. The molecule has 2 heteroatoms. The minimum atomic E-state index is -0.0477. The van der Waals surface area contributed by atoms with E-state index in [1.165, 1.54) is 53.2 Å². The van der Waals surface area contributed by atoms with Gasteiger partial charge >= 0.3 is 0 Å². The Kier molecular flexibility index (Phi) is 10.2. The highest BCUT2D eigenvalue weighted by Gasteiger charge is 2.68. The Morgan fingerprint density at radius 3 is 2.24 bits per heavy atom. The van der Waals surface area contributed by atoms with Gasteiger partial charge in [-0.05, 0) is 141 Å². The van der Waals surface area contributed by atoms with Crippen LogP contribution in [0.2, 0.25) is 0 Å². The zero-order valence-corrected chi connectivity index (χ0v) is 36.8. The van der Waals surface area contributed by atoms with E-state index in [2.05, 4.69) is 198 Å². The monoisotopic (exact) mass is 822 g/mol. The van der Waals surface area contributed by atoms with E-state index < -0.39 is 0 Å². The van der Waals surface area contributed by atoms with Crippen LogP contribution < -0.4 is 4.90 Å². The maximum absolute atomic E-state index is 2.80. The van der Waals surface area contributed by atoms with E-state index in [0.717, 1.165) is 51.4 Å². The number of rotatable bonds is 8. The fraction of sp³-hybridized carbons (Fsp3) is 0.344. The predicted octanol–water partition coefficient (Wildman–Crippen LogP) is 14.6. The van der Waals surface area contributed by atoms with Gasteiger partial charge in [0.1, 0.15) is 0 Å². The number of hydrogen-bond donors (Lipinski definition) is 0. The molecular formula is C61H62N2. The van der Waals surface area contributed by atoms with Crippen LogP contribution in [-0.2, 0) is 0 Å². The highest BCUT2D eigenvalue weighted by molar-refractivity contribution is 5.62. The average Bonchev–Trinajstić information content (AvgIpc) is 3.83. The minimum Gasteiger partial charge on any atom is -0.338 e. The molecule has 0 heterocycles. The lowest BCUT2D eigenvalue weighted by Crippen LogP contribution is -2.44. The molecule has 0 bridgehead atoms. The highest BCUT2D eigenvalue weighted by atomic mass is 15.2. The molecular weight excluding hydrogens is 761 g/mol. The largest absolute Gasteiger partial charge is 0.338 e. The summed E-state index contributed by atoms with van der Waals surface area (Å²) in [6.07, 6.45) is 77.0. The summed E-state index contributed by atoms with van der Waals surface area (Å²) in [6, 6.07) is 11.9. The van der Waals surface area contributed by atoms with E-state index in [1.807, 2.05) is 0 Å². The molecule has 12 rings (SSSR count). The van der Waals surface area contributed by atoms with Gasteiger partial charge in [0.25, 0.3) is 0 Å². The van der Waals surface area contributed by atoms with Crippen LogP contribution in [0.3, 0.4) is 0 Å². The molecule has 1 fully saturated rings. The molecule has 1 spiro atoms. The summed E-state index contributed by atoms with van der Waals surface area (Å²) >= 11 is 0. The van der Waals surface area contributed by atoms with Crippen LogP contribution in [0.5, 0.6) is 0 Å². The Hall–Kier alpha value is -5.60. The molecule has 0 radical (unpaired) electrons. The normalized spacial score (nSPS) is 35.3. The van der Waals surface area contributed by atoms with Gasteiger partial charge in [-0.2, -0.15) is 0 Å². The lowest BCUT2D eigenvalue weighted by molar-refractivity contribution is 0.150. The van der Waals surface area contributed by atoms with E-state index in [1.54, 1.807) is 16.7 Å². The van der Waals surface area contributed by atoms with Crippen molar-refractivity contribution in [3.63, 3.8) is 0 Å². The number of allylic oxidation sites excluding steroid dienone is 29. The second kappa shape index (κ2) is 16.5. The van der Waals surface area contributed by atoms with Gasteiger partial charge in [0.05, 0.1) is 12.1 Å². The second-order valence-corrected chi connectivity index (χ2v) is 19.7. The van der Waals surface area contributed by atoms with Gasteiger partial charge in [-0.15, -0.1) is 0 Å². The number of benzene rings is 1. The first kappa shape index (κ1) is 39.0. The molecule has 11 aliphatic rings. The van der Waals surface area contributed by atoms with Gasteiger partial charge in [-0.3, -0.25) is 0 Å². The first-order valence-corrected chi connectivity index (χ1v) is 24.6. The SMILES string of the molecule is C1=CCCC(C2=CCC(N(C3=CCCC=C3)C3=CC=CC4C3C3C=CC=CC3C43C4=C(C=CC(N(C5=C(C6C=CCCC6)C=CCC5)c5ccccc5)C4)C4C=CC=CC43)C=C2)=C1. The van der Waals surface area contributed by atoms with E-state index in [9.17, 15) is 0 Å². The highest BCUT2D eigenvalue weighted by Crippen LogP contribution is 2.73. The summed E-state index contributed by atoms with van der Waals surface area (Å²) in [6.45, 7) is 0. The van der Waals surface area contributed by atoms with Crippen molar-refractivity contribution in [3.8, 4) is 0 Å². The third-order valence-corrected chi connectivity index (χ3v) is 16.7. The summed E-state index contributed by atoms with van der Waals surface area (Å²) < 4.78 is 0. The lowest BCUT2D eigenvalue weighted by atomic mass is 9.57. The van der Waals surface area contributed by atoms with Gasteiger partial charge in [0.2, 0.25) is 0 Å². The molecule has 1 aromatic rings. The number of hydrogen-bond acceptors (Lipinski definition) is 2. The van der Waals surface area contributed by atoms with E-state index in [-0.39, 0.29) is 17.5 Å². The van der Waals surface area contributed by atoms with Crippen molar-refractivity contribution in [1.82, 2.24) is 4.90 Å². The lowest BCUT2D eigenvalue weighted by Gasteiger charge is -2.48. The Balaban J connectivity index is 0.965. The molecule has 63 heavy (non-hydrogen) atoms. The maximum Gasteiger partial charge on any atom is 0.0559 e. The van der Waals surface area contributed by atoms with Crippen LogP contribution in [0, 0.1) is 46.8 Å². The van der Waals surface area contributed by atoms with Crippen LogP contribution in [-0.4, -0.2) is 17.0 Å². The number of fused-ring (bicyclic) bond motifs is 9. The van der Waals surface area contributed by atoms with Crippen molar-refractivity contribution in [1.29, 1.82) is 0 Å². The number of para-hydroxylation sites is 1. The molecule has 2 nitrogen and oxygen atoms in total. The van der Waals surface area contributed by atoms with Crippen LogP contribution in [0.1, 0.15) is 70.6 Å². The van der Waals surface area contributed by atoms with E-state index in [0.29, 0.717) is 41.4 Å². The van der Waals surface area contributed by atoms with E-state index >= 15 is 0 Å². The second-order valence-electron chi connectivity index (χ2n) is 19.7. The third kappa shape index (κ3) is 6.49. The molecule has 11 aliphatic carbocycles. The molecule has 10 atom stereocenters. The molecule has 0 saturated heterocycles. The maximum atomic E-state index is 2.80. The van der Waals surface area contributed by atoms with Crippen LogP contribution >= 0.6 is 0 Å². The zero-order valence-electron chi connectivity index (χ0n) is 36.8. The van der Waals surface area contributed by atoms with Crippen molar-refractivity contribution < 1.29 is 0 Å². The fourth-order valence-electron chi connectivity index (χ4n) is 14.2. The van der Waals surface area contributed by atoms with Gasteiger partial charge < -0.3 is 9.80 Å². The van der Waals surface area contributed by atoms with Gasteiger partial charge in [0.15, 0.2) is 0 Å². The minimum absolute atomic E-state index is 0.0477. The standard InChI is InChI=1S/C61H62N2/c1-5-20-43(21-6-1)44-36-38-48(39-37-44)62(46-24-9-3-10-25-46)59-35-19-33-56-60(59)53-30-14-17-32-55(53)61(56)54-31-16-13-29-51(54)52-41-40-49(42-57(52)61)63(47-26-11-4-12-27-47)58-34-18-15-28-50(58)45-22-7-2-8-23-45/h1,4-5,7,9,11-17,19-20,22,24-33,35-38,40-41,45,48-49,51,53-56,60H,2-3,6,8,10,18,21,23,34,39,42H2. The van der Waals surface area contributed by atoms with Crippen molar-refractivity contribution in [3.05, 3.63) is 233 Å². The predicted molar refractivity (Wildman–Crippen MR) is 263 cm³/mol. The summed E-state index contributed by atoms with van der Waals surface area (Å²) in [7, 11) is 0. The topological polar surface area (TPSA) is 6.48 Å². The molecule has 0 N–H and O–H groups in total. The quantitative estimate of drug-likeness (QED) is 0.241. The van der Waals surface area contributed by atoms with E-state index in [4.69, 9.17) is 0 Å². The Bertz CT molecular complexity index is 2560. The zero-order chi connectivity index (χ0) is 41.7. The summed E-state index contributed by atoms with van der Waals surface area (Å²) in [4.78, 5) is 5.59. The molecule has 0 aliphatic heterocycles. The van der Waals surface area contributed by atoms with Gasteiger partial charge in [0, 0.05) is 45.9 Å². The fourth-order valence-corrected chi connectivity index (χ4v) is 14.2. The van der Waals surface area contributed by atoms with Crippen molar-refractivity contribution in [2.24, 2.45) is 46.8 Å². The third-order valence-electron chi connectivity index (χ3n) is 16.7. The molecule has 316 valence electrons. The smallest absolute Gasteiger partial charge is 0.0559 e. The van der Waals surface area contributed by atoms with Crippen LogP contribution in [0.25, 0.3) is 0 Å². The molecule has 1 saturated carbocycles. The molecule has 0 aromatic heterocycles. The van der Waals surface area contributed by atoms with Gasteiger partial charge in [-0.1, -0.05) is 170 Å². The van der Waals surface area contributed by atoms with Crippen LogP contribution in [0.15, 0.2) is 233 Å². The Morgan fingerprint density at radius 1 is 0.571 bits per heavy atom. The molecule has 0 amide bonds. The number of anilines is 1. The molecule has 10 unspecified atom stereocenters. The Morgan fingerprint density at radius 2 is 1.41 bits per heavy atom. The number of nitrogens with zero attached hydrogens (tertiary/aromatic N) is 2. The first-order valence-electron chi connectivity index (χ1n) is 24.6. The Labute approximate surface area is 376 Å². The van der Waals surface area contributed by atoms with Gasteiger partial charge in [-0.25, -0.2) is 0 Å². The van der Waals surface area contributed by atoms with Crippen LogP contribution in [0.4, 0.5) is 5.69 Å². The van der Waals surface area contributed by atoms with Crippen molar-refractivity contribution >= 4 is 5.69 Å². The molecule has 1 aromatic carbocycles.